The lowest BCUT2D eigenvalue weighted by Gasteiger charge is -2.15. The van der Waals surface area contributed by atoms with Crippen molar-refractivity contribution < 1.29 is 0 Å². The van der Waals surface area contributed by atoms with Crippen molar-refractivity contribution in [2.75, 3.05) is 19.3 Å². The average molecular weight is 291 g/mol. The van der Waals surface area contributed by atoms with E-state index in [9.17, 15) is 0 Å². The Labute approximate surface area is 126 Å². The van der Waals surface area contributed by atoms with Crippen LogP contribution < -0.4 is 10.6 Å². The summed E-state index contributed by atoms with van der Waals surface area (Å²) in [5, 5.41) is 7.60. The summed E-state index contributed by atoms with van der Waals surface area (Å²) in [6, 6.07) is 8.59. The predicted molar refractivity (Wildman–Crippen MR) is 89.5 cm³/mol. The number of thioether (sulfide) groups is 1. The molecule has 0 bridgehead atoms. The lowest BCUT2D eigenvalue weighted by Crippen LogP contribution is -2.39. The van der Waals surface area contributed by atoms with Crippen molar-refractivity contribution in [2.24, 2.45) is 4.99 Å². The van der Waals surface area contributed by atoms with Gasteiger partial charge in [0, 0.05) is 25.4 Å². The molecule has 0 aromatic heterocycles. The second-order valence-corrected chi connectivity index (χ2v) is 6.47. The number of benzene rings is 1. The van der Waals surface area contributed by atoms with Gasteiger partial charge < -0.3 is 10.6 Å². The maximum absolute atomic E-state index is 4.30. The third-order valence-electron chi connectivity index (χ3n) is 3.69. The molecule has 4 heteroatoms. The largest absolute Gasteiger partial charge is 0.355 e. The maximum Gasteiger partial charge on any atom is 0.191 e. The minimum atomic E-state index is 0.747. The lowest BCUT2D eigenvalue weighted by molar-refractivity contribution is 0.725. The van der Waals surface area contributed by atoms with Crippen molar-refractivity contribution in [3.63, 3.8) is 0 Å². The molecule has 0 aliphatic carbocycles. The first-order valence-electron chi connectivity index (χ1n) is 7.46. The van der Waals surface area contributed by atoms with Crippen molar-refractivity contribution in [3.8, 4) is 0 Å². The lowest BCUT2D eigenvalue weighted by atomic mass is 10.1. The van der Waals surface area contributed by atoms with E-state index in [0.29, 0.717) is 0 Å². The molecule has 1 fully saturated rings. The zero-order valence-electron chi connectivity index (χ0n) is 12.5. The highest BCUT2D eigenvalue weighted by Crippen LogP contribution is 2.25. The van der Waals surface area contributed by atoms with Crippen molar-refractivity contribution in [1.29, 1.82) is 0 Å². The summed E-state index contributed by atoms with van der Waals surface area (Å²) in [7, 11) is 1.84. The van der Waals surface area contributed by atoms with Crippen LogP contribution in [-0.4, -0.2) is 30.6 Å². The van der Waals surface area contributed by atoms with Crippen molar-refractivity contribution in [2.45, 2.75) is 38.0 Å². The van der Waals surface area contributed by atoms with Crippen LogP contribution in [0.3, 0.4) is 0 Å². The number of aliphatic imine (C=N–C) groups is 1. The van der Waals surface area contributed by atoms with Crippen molar-refractivity contribution in [3.05, 3.63) is 35.4 Å². The first-order chi connectivity index (χ1) is 9.83. The van der Waals surface area contributed by atoms with Gasteiger partial charge in [0.15, 0.2) is 5.96 Å². The molecule has 0 saturated carbocycles. The van der Waals surface area contributed by atoms with E-state index in [4.69, 9.17) is 0 Å². The van der Waals surface area contributed by atoms with Crippen LogP contribution in [0, 0.1) is 0 Å². The highest BCUT2D eigenvalue weighted by Gasteiger charge is 2.15. The molecule has 1 aromatic rings. The van der Waals surface area contributed by atoms with Crippen molar-refractivity contribution in [1.82, 2.24) is 10.6 Å². The standard InChI is InChI=1S/C16H25N3S/c1-3-13-7-4-5-8-14(13)11-18-16(17-2)19-12-15-9-6-10-20-15/h4-5,7-8,15H,3,6,9-12H2,1-2H3,(H2,17,18,19). The molecule has 0 spiro atoms. The van der Waals surface area contributed by atoms with Gasteiger partial charge in [-0.1, -0.05) is 31.2 Å². The van der Waals surface area contributed by atoms with Crippen molar-refractivity contribution >= 4 is 17.7 Å². The molecule has 2 rings (SSSR count). The Hall–Kier alpha value is -1.16. The number of aryl methyl sites for hydroxylation is 1. The van der Waals surface area contributed by atoms with Gasteiger partial charge in [-0.3, -0.25) is 4.99 Å². The molecule has 1 aliphatic heterocycles. The Morgan fingerprint density at radius 2 is 2.10 bits per heavy atom. The van der Waals surface area contributed by atoms with Gasteiger partial charge in [0.25, 0.3) is 0 Å². The third-order valence-corrected chi connectivity index (χ3v) is 5.09. The molecule has 1 unspecified atom stereocenters. The van der Waals surface area contributed by atoms with E-state index in [-0.39, 0.29) is 0 Å². The summed E-state index contributed by atoms with van der Waals surface area (Å²) in [5.74, 6) is 2.21. The molecule has 3 nitrogen and oxygen atoms in total. The van der Waals surface area contributed by atoms with Gasteiger partial charge in [-0.25, -0.2) is 0 Å². The molecule has 2 N–H and O–H groups in total. The van der Waals surface area contributed by atoms with Gasteiger partial charge >= 0.3 is 0 Å². The summed E-state index contributed by atoms with van der Waals surface area (Å²) >= 11 is 2.07. The van der Waals surface area contributed by atoms with Crippen LogP contribution in [-0.2, 0) is 13.0 Å². The smallest absolute Gasteiger partial charge is 0.191 e. The quantitative estimate of drug-likeness (QED) is 0.647. The second kappa shape index (κ2) is 8.20. The highest BCUT2D eigenvalue weighted by molar-refractivity contribution is 8.00. The zero-order chi connectivity index (χ0) is 14.2. The van der Waals surface area contributed by atoms with Gasteiger partial charge in [-0.15, -0.1) is 0 Å². The topological polar surface area (TPSA) is 36.4 Å². The van der Waals surface area contributed by atoms with E-state index in [2.05, 4.69) is 58.6 Å². The van der Waals surface area contributed by atoms with Crippen LogP contribution in [0.25, 0.3) is 0 Å². The van der Waals surface area contributed by atoms with E-state index < -0.39 is 0 Å². The summed E-state index contributed by atoms with van der Waals surface area (Å²) in [5.41, 5.74) is 2.76. The Kier molecular flexibility index (Phi) is 6.25. The molecule has 1 saturated heterocycles. The zero-order valence-corrected chi connectivity index (χ0v) is 13.3. The van der Waals surface area contributed by atoms with E-state index in [0.717, 1.165) is 30.7 Å². The number of rotatable bonds is 5. The van der Waals surface area contributed by atoms with Crippen LogP contribution in [0.2, 0.25) is 0 Å². The minimum absolute atomic E-state index is 0.747. The summed E-state index contributed by atoms with van der Waals surface area (Å²) in [4.78, 5) is 4.30. The Balaban J connectivity index is 1.81. The molecule has 0 radical (unpaired) electrons. The first-order valence-corrected chi connectivity index (χ1v) is 8.51. The predicted octanol–water partition coefficient (Wildman–Crippen LogP) is 2.81. The maximum atomic E-state index is 4.30. The van der Waals surface area contributed by atoms with Gasteiger partial charge in [0.2, 0.25) is 0 Å². The molecule has 1 atom stereocenters. The number of nitrogens with zero attached hydrogens (tertiary/aromatic N) is 1. The van der Waals surface area contributed by atoms with Crippen LogP contribution in [0.4, 0.5) is 0 Å². The number of hydrogen-bond acceptors (Lipinski definition) is 2. The van der Waals surface area contributed by atoms with Crippen LogP contribution >= 0.6 is 11.8 Å². The summed E-state index contributed by atoms with van der Waals surface area (Å²) in [6.07, 6.45) is 3.75. The van der Waals surface area contributed by atoms with Crippen LogP contribution in [0.15, 0.2) is 29.3 Å². The Morgan fingerprint density at radius 1 is 1.30 bits per heavy atom. The van der Waals surface area contributed by atoms with Gasteiger partial charge in [0.1, 0.15) is 0 Å². The molecular weight excluding hydrogens is 266 g/mol. The van der Waals surface area contributed by atoms with Crippen LogP contribution in [0.1, 0.15) is 30.9 Å². The summed E-state index contributed by atoms with van der Waals surface area (Å²) in [6.45, 7) is 4.05. The fraction of sp³-hybridized carbons (Fsp3) is 0.562. The second-order valence-electron chi connectivity index (χ2n) is 5.06. The fourth-order valence-corrected chi connectivity index (χ4v) is 3.69. The number of hydrogen-bond donors (Lipinski definition) is 2. The van der Waals surface area contributed by atoms with E-state index >= 15 is 0 Å². The van der Waals surface area contributed by atoms with Crippen LogP contribution in [0.5, 0.6) is 0 Å². The van der Waals surface area contributed by atoms with Gasteiger partial charge in [-0.2, -0.15) is 11.8 Å². The molecule has 1 aromatic carbocycles. The number of nitrogens with one attached hydrogen (secondary N) is 2. The monoisotopic (exact) mass is 291 g/mol. The highest BCUT2D eigenvalue weighted by atomic mass is 32.2. The molecule has 110 valence electrons. The molecule has 0 amide bonds. The fourth-order valence-electron chi connectivity index (χ4n) is 2.49. The Morgan fingerprint density at radius 3 is 2.75 bits per heavy atom. The van der Waals surface area contributed by atoms with Gasteiger partial charge in [-0.05, 0) is 36.1 Å². The molecular formula is C16H25N3S. The average Bonchev–Trinajstić information content (AvgIpc) is 3.01. The van der Waals surface area contributed by atoms with E-state index in [1.165, 1.54) is 29.7 Å². The first kappa shape index (κ1) is 15.2. The molecule has 20 heavy (non-hydrogen) atoms. The Bertz CT molecular complexity index is 439. The normalized spacial score (nSPS) is 19.1. The summed E-state index contributed by atoms with van der Waals surface area (Å²) < 4.78 is 0. The minimum Gasteiger partial charge on any atom is -0.355 e. The van der Waals surface area contributed by atoms with E-state index in [1.54, 1.807) is 0 Å². The molecule has 1 heterocycles. The molecule has 1 aliphatic rings. The SMILES string of the molecule is CCc1ccccc1CNC(=NC)NCC1CCCS1. The van der Waals surface area contributed by atoms with E-state index in [1.807, 2.05) is 7.05 Å². The van der Waals surface area contributed by atoms with Gasteiger partial charge in [0.05, 0.1) is 0 Å². The number of guanidine groups is 1. The third kappa shape index (κ3) is 4.44.